The molecule has 2 rings (SSSR count). The summed E-state index contributed by atoms with van der Waals surface area (Å²) in [6.45, 7) is 2.10. The van der Waals surface area contributed by atoms with E-state index in [4.69, 9.17) is 9.47 Å². The summed E-state index contributed by atoms with van der Waals surface area (Å²) >= 11 is 1.40. The Morgan fingerprint density at radius 3 is 3.00 bits per heavy atom. The van der Waals surface area contributed by atoms with Crippen LogP contribution in [0.4, 0.5) is 5.69 Å². The van der Waals surface area contributed by atoms with Crippen LogP contribution in [0.25, 0.3) is 0 Å². The average molecular weight is 251 g/mol. The molecule has 0 spiro atoms. The summed E-state index contributed by atoms with van der Waals surface area (Å²) in [4.78, 5) is 16.1. The van der Waals surface area contributed by atoms with Gasteiger partial charge in [0.25, 0.3) is 0 Å². The highest BCUT2D eigenvalue weighted by Gasteiger charge is 2.31. The van der Waals surface area contributed by atoms with E-state index in [9.17, 15) is 4.79 Å². The molecular formula is C12H13NO3S. The van der Waals surface area contributed by atoms with Crippen molar-refractivity contribution in [3.63, 3.8) is 0 Å². The number of esters is 1. The second-order valence-corrected chi connectivity index (χ2v) is 4.20. The van der Waals surface area contributed by atoms with Gasteiger partial charge in [0.1, 0.15) is 16.5 Å². The first-order chi connectivity index (χ1) is 8.26. The van der Waals surface area contributed by atoms with E-state index in [2.05, 4.69) is 4.99 Å². The van der Waals surface area contributed by atoms with Crippen molar-refractivity contribution in [3.8, 4) is 5.75 Å². The van der Waals surface area contributed by atoms with Crippen LogP contribution < -0.4 is 4.74 Å². The van der Waals surface area contributed by atoms with Crippen LogP contribution in [0.5, 0.6) is 5.75 Å². The van der Waals surface area contributed by atoms with Crippen LogP contribution in [0.3, 0.4) is 0 Å². The first kappa shape index (κ1) is 12.0. The van der Waals surface area contributed by atoms with Gasteiger partial charge in [0.15, 0.2) is 0 Å². The summed E-state index contributed by atoms with van der Waals surface area (Å²) in [5, 5.41) is 0.627. The number of fused-ring (bicyclic) bond motifs is 1. The molecule has 0 saturated heterocycles. The number of hydrogen-bond donors (Lipinski definition) is 0. The van der Waals surface area contributed by atoms with Crippen molar-refractivity contribution in [3.05, 3.63) is 24.3 Å². The van der Waals surface area contributed by atoms with E-state index >= 15 is 0 Å². The van der Waals surface area contributed by atoms with Gasteiger partial charge in [-0.25, -0.2) is 9.79 Å². The van der Waals surface area contributed by atoms with Crippen molar-refractivity contribution >= 4 is 28.5 Å². The molecule has 4 nitrogen and oxygen atoms in total. The maximum atomic E-state index is 11.7. The second kappa shape index (κ2) is 5.23. The van der Waals surface area contributed by atoms with Crippen LogP contribution in [0.15, 0.2) is 29.3 Å². The van der Waals surface area contributed by atoms with Gasteiger partial charge in [-0.1, -0.05) is 12.1 Å². The van der Waals surface area contributed by atoms with Crippen LogP contribution in [-0.2, 0) is 9.53 Å². The summed E-state index contributed by atoms with van der Waals surface area (Å²) in [6, 6.07) is 7.38. The number of para-hydroxylation sites is 2. The molecule has 1 aliphatic rings. The molecule has 1 aromatic rings. The van der Waals surface area contributed by atoms with Crippen LogP contribution in [0.2, 0.25) is 0 Å². The number of rotatable bonds is 2. The molecule has 5 heteroatoms. The number of aliphatic imine (C=N–C) groups is 1. The molecule has 0 aliphatic carbocycles. The molecule has 1 aliphatic heterocycles. The van der Waals surface area contributed by atoms with Gasteiger partial charge in [-0.3, -0.25) is 0 Å². The van der Waals surface area contributed by atoms with Gasteiger partial charge in [-0.15, -0.1) is 11.8 Å². The number of carbonyl (C=O) groups excluding carboxylic acids is 1. The fraction of sp³-hybridized carbons (Fsp3) is 0.333. The molecule has 0 radical (unpaired) electrons. The predicted molar refractivity (Wildman–Crippen MR) is 68.1 cm³/mol. The molecule has 1 heterocycles. The van der Waals surface area contributed by atoms with E-state index in [1.165, 1.54) is 11.8 Å². The van der Waals surface area contributed by atoms with Crippen LogP contribution in [0.1, 0.15) is 6.92 Å². The fourth-order valence-corrected chi connectivity index (χ4v) is 2.07. The molecule has 0 fully saturated rings. The zero-order valence-electron chi connectivity index (χ0n) is 9.67. The Balaban J connectivity index is 2.30. The number of nitrogens with zero attached hydrogens (tertiary/aromatic N) is 1. The lowest BCUT2D eigenvalue weighted by Gasteiger charge is -2.23. The number of carbonyl (C=O) groups is 1. The van der Waals surface area contributed by atoms with E-state index in [1.54, 1.807) is 13.0 Å². The summed E-state index contributed by atoms with van der Waals surface area (Å²) in [6.07, 6.45) is 1.13. The van der Waals surface area contributed by atoms with Crippen molar-refractivity contribution in [2.24, 2.45) is 4.99 Å². The third-order valence-electron chi connectivity index (χ3n) is 2.27. The highest BCUT2D eigenvalue weighted by Crippen LogP contribution is 2.34. The fourth-order valence-electron chi connectivity index (χ4n) is 1.52. The summed E-state index contributed by atoms with van der Waals surface area (Å²) in [7, 11) is 0. The molecule has 17 heavy (non-hydrogen) atoms. The largest absolute Gasteiger partial charge is 0.469 e. The quantitative estimate of drug-likeness (QED) is 0.757. The van der Waals surface area contributed by atoms with E-state index in [0.29, 0.717) is 17.4 Å². The second-order valence-electron chi connectivity index (χ2n) is 3.37. The third kappa shape index (κ3) is 2.44. The Labute approximate surface area is 104 Å². The Hall–Kier alpha value is -1.49. The molecule has 0 saturated carbocycles. The van der Waals surface area contributed by atoms with E-state index in [-0.39, 0.29) is 0 Å². The smallest absolute Gasteiger partial charge is 0.354 e. The minimum atomic E-state index is -0.736. The zero-order valence-corrected chi connectivity index (χ0v) is 10.5. The summed E-state index contributed by atoms with van der Waals surface area (Å²) < 4.78 is 10.6. The molecule has 0 aromatic heterocycles. The highest BCUT2D eigenvalue weighted by molar-refractivity contribution is 8.13. The minimum Gasteiger partial charge on any atom is -0.469 e. The molecule has 1 atom stereocenters. The van der Waals surface area contributed by atoms with E-state index < -0.39 is 12.1 Å². The number of hydrogen-bond acceptors (Lipinski definition) is 5. The van der Waals surface area contributed by atoms with Gasteiger partial charge in [0, 0.05) is 0 Å². The first-order valence-corrected chi connectivity index (χ1v) is 6.53. The van der Waals surface area contributed by atoms with E-state index in [1.807, 2.05) is 24.5 Å². The predicted octanol–water partition coefficient (Wildman–Crippen LogP) is 2.40. The van der Waals surface area contributed by atoms with Crippen molar-refractivity contribution in [1.29, 1.82) is 0 Å². The SMILES string of the molecule is CCOC(=O)C1Oc2ccccc2N=C1SC. The average Bonchev–Trinajstić information content (AvgIpc) is 2.37. The number of thioether (sulfide) groups is 1. The van der Waals surface area contributed by atoms with Crippen molar-refractivity contribution in [2.45, 2.75) is 13.0 Å². The lowest BCUT2D eigenvalue weighted by molar-refractivity contribution is -0.148. The van der Waals surface area contributed by atoms with Crippen molar-refractivity contribution in [2.75, 3.05) is 12.9 Å². The van der Waals surface area contributed by atoms with Gasteiger partial charge in [0.2, 0.25) is 6.10 Å². The Morgan fingerprint density at radius 1 is 1.53 bits per heavy atom. The van der Waals surface area contributed by atoms with Gasteiger partial charge in [0.05, 0.1) is 6.61 Å². The van der Waals surface area contributed by atoms with Gasteiger partial charge >= 0.3 is 5.97 Å². The van der Waals surface area contributed by atoms with Crippen molar-refractivity contribution in [1.82, 2.24) is 0 Å². The van der Waals surface area contributed by atoms with E-state index in [0.717, 1.165) is 5.69 Å². The number of benzene rings is 1. The maximum Gasteiger partial charge on any atom is 0.354 e. The van der Waals surface area contributed by atoms with Crippen molar-refractivity contribution < 1.29 is 14.3 Å². The zero-order chi connectivity index (χ0) is 12.3. The minimum absolute atomic E-state index is 0.335. The summed E-state index contributed by atoms with van der Waals surface area (Å²) in [5.41, 5.74) is 0.748. The third-order valence-corrected chi connectivity index (χ3v) is 3.00. The van der Waals surface area contributed by atoms with Gasteiger partial charge < -0.3 is 9.47 Å². The Bertz CT molecular complexity index is 459. The molecule has 0 N–H and O–H groups in total. The molecule has 90 valence electrons. The lowest BCUT2D eigenvalue weighted by Crippen LogP contribution is -2.37. The maximum absolute atomic E-state index is 11.7. The standard InChI is InChI=1S/C12H13NO3S/c1-3-15-12(14)10-11(17-2)13-8-6-4-5-7-9(8)16-10/h4-7,10H,3H2,1-2H3. The molecule has 1 aromatic carbocycles. The molecule has 0 bridgehead atoms. The Kier molecular flexibility index (Phi) is 3.68. The van der Waals surface area contributed by atoms with Crippen LogP contribution in [-0.4, -0.2) is 30.0 Å². The molecule has 0 amide bonds. The topological polar surface area (TPSA) is 47.9 Å². The highest BCUT2D eigenvalue weighted by atomic mass is 32.2. The van der Waals surface area contributed by atoms with Gasteiger partial charge in [-0.2, -0.15) is 0 Å². The monoisotopic (exact) mass is 251 g/mol. The van der Waals surface area contributed by atoms with Crippen LogP contribution >= 0.6 is 11.8 Å². The lowest BCUT2D eigenvalue weighted by atomic mass is 10.2. The normalized spacial score (nSPS) is 17.8. The molecular weight excluding hydrogens is 238 g/mol. The number of ether oxygens (including phenoxy) is 2. The molecule has 1 unspecified atom stereocenters. The summed E-state index contributed by atoms with van der Waals surface area (Å²) in [5.74, 6) is 0.221. The van der Waals surface area contributed by atoms with Gasteiger partial charge in [-0.05, 0) is 25.3 Å². The van der Waals surface area contributed by atoms with Crippen LogP contribution in [0, 0.1) is 0 Å². The first-order valence-electron chi connectivity index (χ1n) is 5.31. The Morgan fingerprint density at radius 2 is 2.29 bits per heavy atom.